The molecule has 0 atom stereocenters. The van der Waals surface area contributed by atoms with E-state index in [2.05, 4.69) is 17.2 Å². The van der Waals surface area contributed by atoms with E-state index in [4.69, 9.17) is 10.6 Å². The zero-order valence-corrected chi connectivity index (χ0v) is 15.4. The predicted octanol–water partition coefficient (Wildman–Crippen LogP) is 3.17. The molecule has 0 aliphatic rings. The highest BCUT2D eigenvalue weighted by Crippen LogP contribution is 2.11. The van der Waals surface area contributed by atoms with Crippen LogP contribution in [0.3, 0.4) is 0 Å². The van der Waals surface area contributed by atoms with Crippen LogP contribution in [0.5, 0.6) is 0 Å². The van der Waals surface area contributed by atoms with Gasteiger partial charge in [-0.3, -0.25) is 9.90 Å². The summed E-state index contributed by atoms with van der Waals surface area (Å²) in [7, 11) is 0. The summed E-state index contributed by atoms with van der Waals surface area (Å²) < 4.78 is 13.7. The minimum absolute atomic E-state index is 0.0862. The minimum atomic E-state index is -0.321. The number of anilines is 1. The first-order chi connectivity index (χ1) is 13.0. The van der Waals surface area contributed by atoms with Gasteiger partial charge in [0.05, 0.1) is 12.2 Å². The maximum Gasteiger partial charge on any atom is 0.315 e. The Kier molecular flexibility index (Phi) is 7.63. The lowest BCUT2D eigenvalue weighted by Crippen LogP contribution is -2.38. The fourth-order valence-electron chi connectivity index (χ4n) is 2.32. The summed E-state index contributed by atoms with van der Waals surface area (Å²) in [5.41, 5.74) is 8.27. The smallest absolute Gasteiger partial charge is 0.315 e. The molecule has 0 saturated carbocycles. The molecule has 0 heterocycles. The fourth-order valence-corrected chi connectivity index (χ4v) is 2.32. The number of carbonyl (C=O) groups is 1. The summed E-state index contributed by atoms with van der Waals surface area (Å²) >= 11 is 0. The SMILES string of the molecule is C=C(CNC(=O)NCc1ccc(N)cc1)N(CC)OCc1ccccc1F. The van der Waals surface area contributed by atoms with Gasteiger partial charge in [-0.2, -0.15) is 0 Å². The van der Waals surface area contributed by atoms with Gasteiger partial charge in [-0.25, -0.2) is 9.18 Å². The van der Waals surface area contributed by atoms with Gasteiger partial charge in [0.2, 0.25) is 0 Å². The van der Waals surface area contributed by atoms with Crippen molar-refractivity contribution in [1.82, 2.24) is 15.7 Å². The second-order valence-corrected chi connectivity index (χ2v) is 5.90. The third kappa shape index (κ3) is 6.63. The molecule has 2 rings (SSSR count). The molecule has 144 valence electrons. The Bertz CT molecular complexity index is 765. The number of nitrogens with zero attached hydrogens (tertiary/aromatic N) is 1. The molecule has 0 bridgehead atoms. The molecule has 2 aromatic carbocycles. The van der Waals surface area contributed by atoms with Gasteiger partial charge in [-0.05, 0) is 30.7 Å². The van der Waals surface area contributed by atoms with E-state index in [1.807, 2.05) is 19.1 Å². The van der Waals surface area contributed by atoms with Crippen molar-refractivity contribution < 1.29 is 14.0 Å². The lowest BCUT2D eigenvalue weighted by atomic mass is 10.2. The lowest BCUT2D eigenvalue weighted by Gasteiger charge is -2.24. The summed E-state index contributed by atoms with van der Waals surface area (Å²) in [4.78, 5) is 17.5. The standard InChI is InChI=1S/C20H25FN4O2/c1-3-25(27-14-17-6-4-5-7-19(17)21)15(2)12-23-20(26)24-13-16-8-10-18(22)11-9-16/h4-11H,2-3,12-14,22H2,1H3,(H2,23,24,26). The van der Waals surface area contributed by atoms with Crippen LogP contribution in [-0.4, -0.2) is 24.2 Å². The Morgan fingerprint density at radius 3 is 2.56 bits per heavy atom. The molecule has 0 aliphatic carbocycles. The number of hydrogen-bond donors (Lipinski definition) is 3. The number of urea groups is 1. The van der Waals surface area contributed by atoms with Crippen molar-refractivity contribution in [2.75, 3.05) is 18.8 Å². The molecule has 7 heteroatoms. The first-order valence-corrected chi connectivity index (χ1v) is 8.67. The second kappa shape index (κ2) is 10.2. The zero-order chi connectivity index (χ0) is 19.6. The summed E-state index contributed by atoms with van der Waals surface area (Å²) in [6.45, 7) is 6.99. The van der Waals surface area contributed by atoms with Crippen molar-refractivity contribution in [1.29, 1.82) is 0 Å². The number of nitrogen functional groups attached to an aromatic ring is 1. The Morgan fingerprint density at radius 1 is 1.19 bits per heavy atom. The first-order valence-electron chi connectivity index (χ1n) is 8.67. The highest BCUT2D eigenvalue weighted by Gasteiger charge is 2.10. The van der Waals surface area contributed by atoms with E-state index < -0.39 is 0 Å². The molecule has 27 heavy (non-hydrogen) atoms. The molecule has 0 radical (unpaired) electrons. The number of hydroxylamine groups is 2. The number of benzene rings is 2. The average Bonchev–Trinajstić information content (AvgIpc) is 2.67. The molecule has 0 fully saturated rings. The van der Waals surface area contributed by atoms with E-state index in [-0.39, 0.29) is 25.0 Å². The Hall–Kier alpha value is -3.06. The van der Waals surface area contributed by atoms with Crippen LogP contribution in [0.4, 0.5) is 14.9 Å². The summed E-state index contributed by atoms with van der Waals surface area (Å²) in [5.74, 6) is -0.320. The molecular weight excluding hydrogens is 347 g/mol. The third-order valence-corrected chi connectivity index (χ3v) is 3.86. The number of nitrogens with one attached hydrogen (secondary N) is 2. The highest BCUT2D eigenvalue weighted by molar-refractivity contribution is 5.74. The van der Waals surface area contributed by atoms with E-state index in [1.165, 1.54) is 11.1 Å². The number of likely N-dealkylation sites (N-methyl/N-ethyl adjacent to an activating group) is 1. The molecule has 0 unspecified atom stereocenters. The van der Waals surface area contributed by atoms with Crippen LogP contribution >= 0.6 is 0 Å². The highest BCUT2D eigenvalue weighted by atomic mass is 19.1. The summed E-state index contributed by atoms with van der Waals surface area (Å²) in [6.07, 6.45) is 0. The fraction of sp³-hybridized carbons (Fsp3) is 0.250. The van der Waals surface area contributed by atoms with Crippen molar-refractivity contribution in [3.05, 3.63) is 77.8 Å². The van der Waals surface area contributed by atoms with E-state index in [0.717, 1.165) is 5.56 Å². The van der Waals surface area contributed by atoms with E-state index in [1.54, 1.807) is 30.3 Å². The zero-order valence-electron chi connectivity index (χ0n) is 15.4. The van der Waals surface area contributed by atoms with Gasteiger partial charge >= 0.3 is 6.03 Å². The number of carbonyl (C=O) groups excluding carboxylic acids is 1. The second-order valence-electron chi connectivity index (χ2n) is 5.90. The maximum absolute atomic E-state index is 13.7. The third-order valence-electron chi connectivity index (χ3n) is 3.86. The Balaban J connectivity index is 1.74. The Morgan fingerprint density at radius 2 is 1.89 bits per heavy atom. The molecule has 2 aromatic rings. The van der Waals surface area contributed by atoms with Crippen LogP contribution in [0.15, 0.2) is 60.8 Å². The molecule has 0 saturated heterocycles. The number of hydrogen-bond acceptors (Lipinski definition) is 4. The molecular formula is C20H25FN4O2. The molecule has 0 aromatic heterocycles. The monoisotopic (exact) mass is 372 g/mol. The van der Waals surface area contributed by atoms with Crippen LogP contribution < -0.4 is 16.4 Å². The van der Waals surface area contributed by atoms with Gasteiger partial charge in [-0.15, -0.1) is 0 Å². The lowest BCUT2D eigenvalue weighted by molar-refractivity contribution is -0.140. The van der Waals surface area contributed by atoms with Crippen molar-refractivity contribution >= 4 is 11.7 Å². The summed E-state index contributed by atoms with van der Waals surface area (Å²) in [6, 6.07) is 13.4. The van der Waals surface area contributed by atoms with E-state index in [0.29, 0.717) is 30.0 Å². The quantitative estimate of drug-likeness (QED) is 0.467. The predicted molar refractivity (Wildman–Crippen MR) is 104 cm³/mol. The van der Waals surface area contributed by atoms with Gasteiger partial charge in [0.25, 0.3) is 0 Å². The van der Waals surface area contributed by atoms with E-state index >= 15 is 0 Å². The normalized spacial score (nSPS) is 10.3. The van der Waals surface area contributed by atoms with Crippen molar-refractivity contribution in [3.63, 3.8) is 0 Å². The van der Waals surface area contributed by atoms with Gasteiger partial charge < -0.3 is 16.4 Å². The van der Waals surface area contributed by atoms with Gasteiger partial charge in [0, 0.05) is 24.3 Å². The molecule has 2 amide bonds. The van der Waals surface area contributed by atoms with Gasteiger partial charge in [0.1, 0.15) is 12.4 Å². The van der Waals surface area contributed by atoms with Crippen LogP contribution in [0.1, 0.15) is 18.1 Å². The number of amides is 2. The van der Waals surface area contributed by atoms with Crippen LogP contribution in [0, 0.1) is 5.82 Å². The Labute approximate surface area is 158 Å². The molecule has 6 nitrogen and oxygen atoms in total. The number of halogens is 1. The molecule has 0 aliphatic heterocycles. The van der Waals surface area contributed by atoms with Crippen molar-refractivity contribution in [3.8, 4) is 0 Å². The van der Waals surface area contributed by atoms with Gasteiger partial charge in [-0.1, -0.05) is 36.9 Å². The van der Waals surface area contributed by atoms with Crippen LogP contribution in [0.25, 0.3) is 0 Å². The van der Waals surface area contributed by atoms with Crippen LogP contribution in [-0.2, 0) is 18.0 Å². The largest absolute Gasteiger partial charge is 0.399 e. The molecule has 0 spiro atoms. The van der Waals surface area contributed by atoms with Crippen LogP contribution in [0.2, 0.25) is 0 Å². The minimum Gasteiger partial charge on any atom is -0.399 e. The number of rotatable bonds is 9. The van der Waals surface area contributed by atoms with Crippen molar-refractivity contribution in [2.24, 2.45) is 0 Å². The van der Waals surface area contributed by atoms with Gasteiger partial charge in [0.15, 0.2) is 0 Å². The first kappa shape index (κ1) is 20.3. The van der Waals surface area contributed by atoms with E-state index in [9.17, 15) is 9.18 Å². The average molecular weight is 372 g/mol. The topological polar surface area (TPSA) is 79.6 Å². The molecule has 4 N–H and O–H groups in total. The van der Waals surface area contributed by atoms with Crippen molar-refractivity contribution in [2.45, 2.75) is 20.1 Å². The number of nitrogens with two attached hydrogens (primary N) is 1. The maximum atomic E-state index is 13.7. The summed E-state index contributed by atoms with van der Waals surface area (Å²) in [5, 5.41) is 7.01.